The monoisotopic (exact) mass is 184 g/mol. The van der Waals surface area contributed by atoms with Crippen LogP contribution in [-0.4, -0.2) is 18.1 Å². The lowest BCUT2D eigenvalue weighted by atomic mass is 10.3. The Morgan fingerprint density at radius 3 is 2.83 bits per heavy atom. The zero-order valence-electron chi connectivity index (χ0n) is 7.79. The lowest BCUT2D eigenvalue weighted by Crippen LogP contribution is -2.23. The molecule has 0 radical (unpaired) electrons. The summed E-state index contributed by atoms with van der Waals surface area (Å²) in [6.45, 7) is 6.60. The van der Waals surface area contributed by atoms with Gasteiger partial charge in [-0.05, 0) is 13.3 Å². The van der Waals surface area contributed by atoms with E-state index in [4.69, 9.17) is 0 Å². The highest BCUT2D eigenvalue weighted by Gasteiger charge is 2.04. The largest absolute Gasteiger partial charge is 0.348 e. The molecule has 0 saturated carbocycles. The van der Waals surface area contributed by atoms with Crippen molar-refractivity contribution in [1.82, 2.24) is 4.98 Å². The maximum absolute atomic E-state index is 4.28. The summed E-state index contributed by atoms with van der Waals surface area (Å²) in [5.41, 5.74) is 0. The molecular weight excluding hydrogens is 168 g/mol. The fourth-order valence-corrected chi connectivity index (χ4v) is 1.84. The van der Waals surface area contributed by atoms with Crippen molar-refractivity contribution in [3.63, 3.8) is 0 Å². The lowest BCUT2D eigenvalue weighted by Gasteiger charge is -2.18. The third kappa shape index (κ3) is 2.48. The van der Waals surface area contributed by atoms with Crippen LogP contribution < -0.4 is 4.90 Å². The van der Waals surface area contributed by atoms with Crippen LogP contribution in [0.5, 0.6) is 0 Å². The average Bonchev–Trinajstić information content (AvgIpc) is 2.59. The minimum atomic E-state index is 1.06. The second-order valence-corrected chi connectivity index (χ2v) is 3.62. The summed E-state index contributed by atoms with van der Waals surface area (Å²) in [5, 5.41) is 3.19. The molecule has 0 aliphatic carbocycles. The maximum Gasteiger partial charge on any atom is 0.185 e. The molecule has 0 fully saturated rings. The Labute approximate surface area is 78.2 Å². The molecule has 0 amide bonds. The Morgan fingerprint density at radius 2 is 2.33 bits per heavy atom. The molecule has 3 heteroatoms. The van der Waals surface area contributed by atoms with Gasteiger partial charge in [0.05, 0.1) is 0 Å². The van der Waals surface area contributed by atoms with Crippen LogP contribution in [0.2, 0.25) is 0 Å². The van der Waals surface area contributed by atoms with Gasteiger partial charge in [-0.2, -0.15) is 0 Å². The van der Waals surface area contributed by atoms with Gasteiger partial charge in [-0.3, -0.25) is 0 Å². The van der Waals surface area contributed by atoms with Crippen LogP contribution in [-0.2, 0) is 0 Å². The maximum atomic E-state index is 4.28. The summed E-state index contributed by atoms with van der Waals surface area (Å²) in [4.78, 5) is 6.61. The van der Waals surface area contributed by atoms with Crippen molar-refractivity contribution < 1.29 is 0 Å². The molecule has 1 aromatic rings. The van der Waals surface area contributed by atoms with Crippen LogP contribution in [0.1, 0.15) is 26.7 Å². The van der Waals surface area contributed by atoms with Gasteiger partial charge in [0.15, 0.2) is 5.13 Å². The van der Waals surface area contributed by atoms with Crippen molar-refractivity contribution in [2.45, 2.75) is 26.7 Å². The first kappa shape index (κ1) is 9.52. The van der Waals surface area contributed by atoms with Crippen molar-refractivity contribution in [2.24, 2.45) is 0 Å². The summed E-state index contributed by atoms with van der Waals surface area (Å²) in [7, 11) is 0. The van der Waals surface area contributed by atoms with Crippen molar-refractivity contribution >= 4 is 16.5 Å². The van der Waals surface area contributed by atoms with Gasteiger partial charge < -0.3 is 4.90 Å². The molecular formula is C9H16N2S. The van der Waals surface area contributed by atoms with Gasteiger partial charge in [0.2, 0.25) is 0 Å². The zero-order chi connectivity index (χ0) is 8.81. The normalized spacial score (nSPS) is 10.2. The summed E-state index contributed by atoms with van der Waals surface area (Å²) in [6.07, 6.45) is 4.38. The first-order chi connectivity index (χ1) is 5.88. The van der Waals surface area contributed by atoms with Gasteiger partial charge in [0.1, 0.15) is 0 Å². The second-order valence-electron chi connectivity index (χ2n) is 2.75. The van der Waals surface area contributed by atoms with Crippen molar-refractivity contribution in [1.29, 1.82) is 0 Å². The van der Waals surface area contributed by atoms with E-state index in [9.17, 15) is 0 Å². The molecule has 0 aliphatic heterocycles. The Balaban J connectivity index is 2.45. The van der Waals surface area contributed by atoms with Gasteiger partial charge in [-0.25, -0.2) is 4.98 Å². The minimum absolute atomic E-state index is 1.06. The fraction of sp³-hybridized carbons (Fsp3) is 0.667. The third-order valence-electron chi connectivity index (χ3n) is 1.85. The van der Waals surface area contributed by atoms with E-state index >= 15 is 0 Å². The molecule has 0 spiro atoms. The predicted octanol–water partition coefficient (Wildman–Crippen LogP) is 2.77. The Hall–Kier alpha value is -0.570. The van der Waals surface area contributed by atoms with Crippen molar-refractivity contribution in [3.05, 3.63) is 11.6 Å². The van der Waals surface area contributed by atoms with E-state index in [0.29, 0.717) is 0 Å². The molecule has 0 aliphatic rings. The molecule has 0 saturated heterocycles. The third-order valence-corrected chi connectivity index (χ3v) is 2.69. The van der Waals surface area contributed by atoms with Crippen LogP contribution in [0.15, 0.2) is 11.6 Å². The SMILES string of the molecule is CCCCN(CC)c1nccs1. The molecule has 2 nitrogen and oxygen atoms in total. The van der Waals surface area contributed by atoms with E-state index in [-0.39, 0.29) is 0 Å². The summed E-state index contributed by atoms with van der Waals surface area (Å²) in [6, 6.07) is 0. The number of rotatable bonds is 5. The molecule has 0 N–H and O–H groups in total. The van der Waals surface area contributed by atoms with E-state index < -0.39 is 0 Å². The molecule has 0 bridgehead atoms. The van der Waals surface area contributed by atoms with E-state index in [1.165, 1.54) is 12.8 Å². The van der Waals surface area contributed by atoms with E-state index in [1.807, 2.05) is 11.6 Å². The van der Waals surface area contributed by atoms with E-state index in [1.54, 1.807) is 11.3 Å². The van der Waals surface area contributed by atoms with E-state index in [2.05, 4.69) is 23.7 Å². The summed E-state index contributed by atoms with van der Waals surface area (Å²) >= 11 is 1.72. The molecule has 68 valence electrons. The van der Waals surface area contributed by atoms with E-state index in [0.717, 1.165) is 18.2 Å². The van der Waals surface area contributed by atoms with Crippen molar-refractivity contribution in [3.8, 4) is 0 Å². The highest BCUT2D eigenvalue weighted by atomic mass is 32.1. The smallest absolute Gasteiger partial charge is 0.185 e. The van der Waals surface area contributed by atoms with Crippen LogP contribution >= 0.6 is 11.3 Å². The summed E-state index contributed by atoms with van der Waals surface area (Å²) in [5.74, 6) is 0. The van der Waals surface area contributed by atoms with Gasteiger partial charge in [-0.1, -0.05) is 13.3 Å². The minimum Gasteiger partial charge on any atom is -0.348 e. The molecule has 12 heavy (non-hydrogen) atoms. The molecule has 0 atom stereocenters. The predicted molar refractivity (Wildman–Crippen MR) is 54.9 cm³/mol. The van der Waals surface area contributed by atoms with Gasteiger partial charge in [0, 0.05) is 24.7 Å². The number of hydrogen-bond acceptors (Lipinski definition) is 3. The molecule has 0 unspecified atom stereocenters. The Kier molecular flexibility index (Phi) is 4.08. The Morgan fingerprint density at radius 1 is 1.50 bits per heavy atom. The first-order valence-corrected chi connectivity index (χ1v) is 5.40. The van der Waals surface area contributed by atoms with Crippen molar-refractivity contribution in [2.75, 3.05) is 18.0 Å². The number of unbranched alkanes of at least 4 members (excludes halogenated alkanes) is 1. The molecule has 1 aromatic heterocycles. The van der Waals surface area contributed by atoms with Gasteiger partial charge in [-0.15, -0.1) is 11.3 Å². The van der Waals surface area contributed by atoms with Gasteiger partial charge in [0.25, 0.3) is 0 Å². The molecule has 1 rings (SSSR count). The first-order valence-electron chi connectivity index (χ1n) is 4.53. The quantitative estimate of drug-likeness (QED) is 0.699. The zero-order valence-corrected chi connectivity index (χ0v) is 8.60. The van der Waals surface area contributed by atoms with Crippen LogP contribution in [0.4, 0.5) is 5.13 Å². The topological polar surface area (TPSA) is 16.1 Å². The number of anilines is 1. The van der Waals surface area contributed by atoms with Gasteiger partial charge >= 0.3 is 0 Å². The summed E-state index contributed by atoms with van der Waals surface area (Å²) < 4.78 is 0. The van der Waals surface area contributed by atoms with Crippen LogP contribution in [0, 0.1) is 0 Å². The number of nitrogens with zero attached hydrogens (tertiary/aromatic N) is 2. The average molecular weight is 184 g/mol. The lowest BCUT2D eigenvalue weighted by molar-refractivity contribution is 0.730. The fourth-order valence-electron chi connectivity index (χ4n) is 1.11. The standard InChI is InChI=1S/C9H16N2S/c1-3-5-7-11(4-2)9-10-6-8-12-9/h6,8H,3-5,7H2,1-2H3. The number of thiazole rings is 1. The van der Waals surface area contributed by atoms with Crippen LogP contribution in [0.25, 0.3) is 0 Å². The molecule has 0 aromatic carbocycles. The number of hydrogen-bond donors (Lipinski definition) is 0. The highest BCUT2D eigenvalue weighted by Crippen LogP contribution is 2.17. The second kappa shape index (κ2) is 5.14. The molecule has 1 heterocycles. The number of aromatic nitrogens is 1. The Bertz CT molecular complexity index is 196. The van der Waals surface area contributed by atoms with Crippen LogP contribution in [0.3, 0.4) is 0 Å². The highest BCUT2D eigenvalue weighted by molar-refractivity contribution is 7.13.